The first-order chi connectivity index (χ1) is 12.5. The summed E-state index contributed by atoms with van der Waals surface area (Å²) in [6, 6.07) is 0. The lowest BCUT2D eigenvalue weighted by Gasteiger charge is -2.34. The first kappa shape index (κ1) is 24.1. The molecule has 0 spiro atoms. The van der Waals surface area contributed by atoms with Crippen molar-refractivity contribution in [2.75, 3.05) is 0 Å². The Morgan fingerprint density at radius 2 is 1.52 bits per heavy atom. The molecule has 1 aliphatic heterocycles. The molecule has 1 fully saturated rings. The third kappa shape index (κ3) is 6.28. The van der Waals surface area contributed by atoms with Crippen molar-refractivity contribution in [2.24, 2.45) is 35.5 Å². The molecule has 5 nitrogen and oxygen atoms in total. The fraction of sp³-hybridized carbons (Fsp3) is 0.909. The molecule has 1 aliphatic rings. The van der Waals surface area contributed by atoms with E-state index in [9.17, 15) is 19.8 Å². The molecule has 27 heavy (non-hydrogen) atoms. The minimum atomic E-state index is -0.860. The zero-order valence-corrected chi connectivity index (χ0v) is 18.1. The molecular weight excluding hydrogens is 344 g/mol. The summed E-state index contributed by atoms with van der Waals surface area (Å²) in [4.78, 5) is 25.5. The van der Waals surface area contributed by atoms with Gasteiger partial charge in [0, 0.05) is 17.8 Å². The van der Waals surface area contributed by atoms with Crippen molar-refractivity contribution in [3.63, 3.8) is 0 Å². The standard InChI is InChI=1S/C22H40O5/c1-8-9-18-15(5)21(25)16(6)19(23)13(3)10-12(2)11-14(4)20(24)17(7)22(26)27-18/h12-18,20-21,24-25H,8-11H2,1-7H3/t12-,13+,14+,15-,16-,17+,18+,20-,21-/m0/s1. The Labute approximate surface area is 164 Å². The second-order valence-corrected chi connectivity index (χ2v) is 9.04. The van der Waals surface area contributed by atoms with Crippen LogP contribution in [-0.2, 0) is 14.3 Å². The van der Waals surface area contributed by atoms with Gasteiger partial charge in [-0.05, 0) is 38.0 Å². The van der Waals surface area contributed by atoms with Crippen LogP contribution in [0.15, 0.2) is 0 Å². The Morgan fingerprint density at radius 1 is 0.926 bits per heavy atom. The summed E-state index contributed by atoms with van der Waals surface area (Å²) >= 11 is 0. The van der Waals surface area contributed by atoms with Gasteiger partial charge in [0.15, 0.2) is 0 Å². The SMILES string of the molecule is CCC[C@H]1OC(=O)[C@H](C)[C@@H](O)[C@H](C)C[C@@H](C)C[C@@H](C)C(=O)[C@H](C)[C@@H](O)[C@H]1C. The number of carbonyl (C=O) groups is 2. The van der Waals surface area contributed by atoms with Crippen molar-refractivity contribution in [1.29, 1.82) is 0 Å². The molecule has 0 unspecified atom stereocenters. The molecular formula is C22H40O5. The van der Waals surface area contributed by atoms with Gasteiger partial charge < -0.3 is 14.9 Å². The van der Waals surface area contributed by atoms with Crippen LogP contribution in [0.5, 0.6) is 0 Å². The third-order valence-electron chi connectivity index (χ3n) is 6.41. The van der Waals surface area contributed by atoms with Gasteiger partial charge in [-0.15, -0.1) is 0 Å². The molecule has 158 valence electrons. The van der Waals surface area contributed by atoms with Crippen molar-refractivity contribution in [2.45, 2.75) is 92.5 Å². The van der Waals surface area contributed by atoms with E-state index in [-0.39, 0.29) is 29.5 Å². The van der Waals surface area contributed by atoms with Gasteiger partial charge in [0.1, 0.15) is 11.9 Å². The van der Waals surface area contributed by atoms with E-state index >= 15 is 0 Å². The van der Waals surface area contributed by atoms with Gasteiger partial charge in [0.05, 0.1) is 18.1 Å². The van der Waals surface area contributed by atoms with Gasteiger partial charge in [-0.3, -0.25) is 9.59 Å². The number of ketones is 1. The lowest BCUT2D eigenvalue weighted by molar-refractivity contribution is -0.165. The van der Waals surface area contributed by atoms with E-state index in [2.05, 4.69) is 6.92 Å². The van der Waals surface area contributed by atoms with Gasteiger partial charge in [-0.25, -0.2) is 0 Å². The van der Waals surface area contributed by atoms with Gasteiger partial charge in [0.2, 0.25) is 0 Å². The van der Waals surface area contributed by atoms with Crippen LogP contribution in [0.25, 0.3) is 0 Å². The van der Waals surface area contributed by atoms with E-state index < -0.39 is 36.1 Å². The molecule has 0 bridgehead atoms. The topological polar surface area (TPSA) is 83.8 Å². The van der Waals surface area contributed by atoms with E-state index in [0.29, 0.717) is 6.42 Å². The highest BCUT2D eigenvalue weighted by Crippen LogP contribution is 2.30. The second-order valence-electron chi connectivity index (χ2n) is 9.04. The van der Waals surface area contributed by atoms with Crippen LogP contribution < -0.4 is 0 Å². The maximum absolute atomic E-state index is 12.8. The summed E-state index contributed by atoms with van der Waals surface area (Å²) in [6.07, 6.45) is 0.779. The maximum atomic E-state index is 12.8. The number of ether oxygens (including phenoxy) is 1. The quantitative estimate of drug-likeness (QED) is 0.711. The number of esters is 1. The summed E-state index contributed by atoms with van der Waals surface area (Å²) in [5.74, 6) is -1.78. The second kappa shape index (κ2) is 10.6. The van der Waals surface area contributed by atoms with Crippen LogP contribution in [0.1, 0.15) is 74.1 Å². The summed E-state index contributed by atoms with van der Waals surface area (Å²) in [7, 11) is 0. The Hall–Kier alpha value is -0.940. The highest BCUT2D eigenvalue weighted by molar-refractivity contribution is 5.83. The number of aliphatic hydroxyl groups is 2. The largest absolute Gasteiger partial charge is 0.462 e. The molecule has 0 saturated carbocycles. The average molecular weight is 385 g/mol. The van der Waals surface area contributed by atoms with Crippen molar-refractivity contribution in [3.8, 4) is 0 Å². The minimum Gasteiger partial charge on any atom is -0.462 e. The van der Waals surface area contributed by atoms with E-state index in [0.717, 1.165) is 19.3 Å². The van der Waals surface area contributed by atoms with Crippen LogP contribution in [0.4, 0.5) is 0 Å². The molecule has 0 amide bonds. The number of cyclic esters (lactones) is 1. The number of Topliss-reactive ketones (excluding diaryl/α,β-unsaturated/α-hetero) is 1. The highest BCUT2D eigenvalue weighted by Gasteiger charge is 2.38. The predicted molar refractivity (Wildman–Crippen MR) is 106 cm³/mol. The smallest absolute Gasteiger partial charge is 0.311 e. The van der Waals surface area contributed by atoms with Crippen LogP contribution >= 0.6 is 0 Å². The molecule has 2 N–H and O–H groups in total. The number of rotatable bonds is 2. The van der Waals surface area contributed by atoms with Crippen LogP contribution in [0, 0.1) is 35.5 Å². The van der Waals surface area contributed by atoms with Gasteiger partial charge in [-0.1, -0.05) is 48.0 Å². The first-order valence-electron chi connectivity index (χ1n) is 10.6. The maximum Gasteiger partial charge on any atom is 0.311 e. The number of hydrogen-bond acceptors (Lipinski definition) is 5. The number of aliphatic hydroxyl groups excluding tert-OH is 2. The molecule has 0 aromatic carbocycles. The summed E-state index contributed by atoms with van der Waals surface area (Å²) in [5.41, 5.74) is 0. The van der Waals surface area contributed by atoms with Crippen molar-refractivity contribution < 1.29 is 24.5 Å². The lowest BCUT2D eigenvalue weighted by atomic mass is 9.78. The molecule has 1 saturated heterocycles. The van der Waals surface area contributed by atoms with E-state index in [1.807, 2.05) is 27.7 Å². The first-order valence-corrected chi connectivity index (χ1v) is 10.6. The number of carbonyl (C=O) groups excluding carboxylic acids is 2. The Balaban J connectivity index is 3.17. The van der Waals surface area contributed by atoms with Crippen molar-refractivity contribution in [3.05, 3.63) is 0 Å². The van der Waals surface area contributed by atoms with Crippen molar-refractivity contribution in [1.82, 2.24) is 0 Å². The zero-order valence-electron chi connectivity index (χ0n) is 18.1. The zero-order chi connectivity index (χ0) is 20.9. The molecule has 0 aromatic heterocycles. The average Bonchev–Trinajstić information content (AvgIpc) is 2.62. The Kier molecular flexibility index (Phi) is 9.43. The Morgan fingerprint density at radius 3 is 2.07 bits per heavy atom. The van der Waals surface area contributed by atoms with Crippen molar-refractivity contribution >= 4 is 11.8 Å². The highest BCUT2D eigenvalue weighted by atomic mass is 16.5. The van der Waals surface area contributed by atoms with Crippen LogP contribution in [-0.4, -0.2) is 40.3 Å². The van der Waals surface area contributed by atoms with Crippen LogP contribution in [0.2, 0.25) is 0 Å². The molecule has 9 atom stereocenters. The molecule has 0 aliphatic carbocycles. The summed E-state index contributed by atoms with van der Waals surface area (Å²) in [5, 5.41) is 21.4. The predicted octanol–water partition coefficient (Wildman–Crippen LogP) is 3.60. The lowest BCUT2D eigenvalue weighted by Crippen LogP contribution is -2.43. The van der Waals surface area contributed by atoms with E-state index in [4.69, 9.17) is 4.74 Å². The molecule has 0 aromatic rings. The fourth-order valence-electron chi connectivity index (χ4n) is 4.48. The molecule has 5 heteroatoms. The number of hydrogen-bond donors (Lipinski definition) is 2. The van der Waals surface area contributed by atoms with E-state index in [1.54, 1.807) is 13.8 Å². The third-order valence-corrected chi connectivity index (χ3v) is 6.41. The molecule has 1 heterocycles. The van der Waals surface area contributed by atoms with Crippen LogP contribution in [0.3, 0.4) is 0 Å². The van der Waals surface area contributed by atoms with Gasteiger partial charge >= 0.3 is 5.97 Å². The Bertz CT molecular complexity index is 491. The summed E-state index contributed by atoms with van der Waals surface area (Å²) < 4.78 is 5.72. The molecule has 0 radical (unpaired) electrons. The van der Waals surface area contributed by atoms with E-state index in [1.165, 1.54) is 0 Å². The monoisotopic (exact) mass is 384 g/mol. The summed E-state index contributed by atoms with van der Waals surface area (Å²) in [6.45, 7) is 13.3. The minimum absolute atomic E-state index is 0.0569. The van der Waals surface area contributed by atoms with Gasteiger partial charge in [-0.2, -0.15) is 0 Å². The molecule has 1 rings (SSSR count). The fourth-order valence-corrected chi connectivity index (χ4v) is 4.48. The van der Waals surface area contributed by atoms with Gasteiger partial charge in [0.25, 0.3) is 0 Å². The normalized spacial score (nSPS) is 43.1.